The number of likely N-dealkylation sites (tertiary alicyclic amines) is 2. The summed E-state index contributed by atoms with van der Waals surface area (Å²) in [5.41, 5.74) is 1.42. The second-order valence-corrected chi connectivity index (χ2v) is 9.34. The first kappa shape index (κ1) is 25.3. The van der Waals surface area contributed by atoms with Crippen LogP contribution in [0.5, 0.6) is 0 Å². The second kappa shape index (κ2) is 12.8. The van der Waals surface area contributed by atoms with E-state index >= 15 is 0 Å². The number of halogens is 1. The summed E-state index contributed by atoms with van der Waals surface area (Å²) in [5, 5.41) is 6.56. The van der Waals surface area contributed by atoms with Gasteiger partial charge in [-0.3, -0.25) is 14.7 Å². The number of carbonyl (C=O) groups excluding carboxylic acids is 1. The largest absolute Gasteiger partial charge is 0.357 e. The van der Waals surface area contributed by atoms with Gasteiger partial charge in [-0.05, 0) is 63.5 Å². The Morgan fingerprint density at radius 2 is 1.94 bits per heavy atom. The van der Waals surface area contributed by atoms with E-state index in [9.17, 15) is 4.79 Å². The molecule has 4 rings (SSSR count). The highest BCUT2D eigenvalue weighted by molar-refractivity contribution is 14.0. The fourth-order valence-electron chi connectivity index (χ4n) is 5.09. The molecule has 178 valence electrons. The molecule has 1 saturated carbocycles. The minimum atomic E-state index is 0. The highest BCUT2D eigenvalue weighted by Gasteiger charge is 2.36. The standard InChI is InChI=1S/C25H39N5O.HI/c1-2-26-25(27-15-6-11-24(31)28-22-12-13-22)30-17-14-23-21(19-30)10-7-16-29(23)18-20-8-4-3-5-9-20;/h3-5,8-9,21-23H,2,6-7,10-19H2,1H3,(H,26,27)(H,28,31);1H. The lowest BCUT2D eigenvalue weighted by Gasteiger charge is -2.48. The van der Waals surface area contributed by atoms with Crippen molar-refractivity contribution in [2.24, 2.45) is 10.9 Å². The molecule has 1 amide bonds. The quantitative estimate of drug-likeness (QED) is 0.224. The number of nitrogens with one attached hydrogen (secondary N) is 2. The number of guanidine groups is 1. The van der Waals surface area contributed by atoms with E-state index < -0.39 is 0 Å². The van der Waals surface area contributed by atoms with Gasteiger partial charge in [-0.2, -0.15) is 0 Å². The van der Waals surface area contributed by atoms with Crippen molar-refractivity contribution < 1.29 is 4.79 Å². The average molecular weight is 554 g/mol. The van der Waals surface area contributed by atoms with E-state index in [4.69, 9.17) is 4.99 Å². The van der Waals surface area contributed by atoms with Crippen molar-refractivity contribution in [3.63, 3.8) is 0 Å². The monoisotopic (exact) mass is 553 g/mol. The molecule has 7 heteroatoms. The van der Waals surface area contributed by atoms with Gasteiger partial charge in [-0.25, -0.2) is 0 Å². The first-order chi connectivity index (χ1) is 15.2. The molecule has 0 bridgehead atoms. The van der Waals surface area contributed by atoms with Crippen molar-refractivity contribution >= 4 is 35.8 Å². The highest BCUT2D eigenvalue weighted by atomic mass is 127. The summed E-state index contributed by atoms with van der Waals surface area (Å²) in [4.78, 5) is 21.9. The van der Waals surface area contributed by atoms with E-state index in [0.29, 0.717) is 31.0 Å². The topological polar surface area (TPSA) is 60.0 Å². The van der Waals surface area contributed by atoms with Crippen LogP contribution in [0.3, 0.4) is 0 Å². The average Bonchev–Trinajstić information content (AvgIpc) is 3.60. The summed E-state index contributed by atoms with van der Waals surface area (Å²) >= 11 is 0. The maximum Gasteiger partial charge on any atom is 0.220 e. The third kappa shape index (κ3) is 7.33. The maximum absolute atomic E-state index is 11.9. The van der Waals surface area contributed by atoms with Gasteiger partial charge in [0, 0.05) is 51.2 Å². The van der Waals surface area contributed by atoms with Crippen molar-refractivity contribution in [1.82, 2.24) is 20.4 Å². The summed E-state index contributed by atoms with van der Waals surface area (Å²) in [7, 11) is 0. The summed E-state index contributed by atoms with van der Waals surface area (Å²) in [6.45, 7) is 8.15. The van der Waals surface area contributed by atoms with Crippen LogP contribution in [0.1, 0.15) is 57.4 Å². The fourth-order valence-corrected chi connectivity index (χ4v) is 5.09. The minimum absolute atomic E-state index is 0. The van der Waals surface area contributed by atoms with Crippen LogP contribution in [-0.4, -0.2) is 66.5 Å². The number of fused-ring (bicyclic) bond motifs is 1. The van der Waals surface area contributed by atoms with Crippen LogP contribution in [0.2, 0.25) is 0 Å². The van der Waals surface area contributed by atoms with Gasteiger partial charge >= 0.3 is 0 Å². The molecule has 3 fully saturated rings. The van der Waals surface area contributed by atoms with Gasteiger partial charge in [0.05, 0.1) is 0 Å². The molecule has 2 N–H and O–H groups in total. The second-order valence-electron chi connectivity index (χ2n) is 9.34. The van der Waals surface area contributed by atoms with Crippen LogP contribution < -0.4 is 10.6 Å². The molecule has 1 aromatic carbocycles. The number of piperidine rings is 2. The highest BCUT2D eigenvalue weighted by Crippen LogP contribution is 2.31. The molecule has 2 atom stereocenters. The Kier molecular flexibility index (Phi) is 10.1. The maximum atomic E-state index is 11.9. The Morgan fingerprint density at radius 3 is 2.69 bits per heavy atom. The number of benzene rings is 1. The minimum Gasteiger partial charge on any atom is -0.357 e. The molecule has 3 aliphatic rings. The first-order valence-electron chi connectivity index (χ1n) is 12.3. The fraction of sp³-hybridized carbons (Fsp3) is 0.680. The first-order valence-corrected chi connectivity index (χ1v) is 12.3. The zero-order valence-corrected chi connectivity index (χ0v) is 21.8. The zero-order valence-electron chi connectivity index (χ0n) is 19.5. The Balaban J connectivity index is 0.00000289. The lowest BCUT2D eigenvalue weighted by Crippen LogP contribution is -2.56. The number of hydrogen-bond donors (Lipinski definition) is 2. The van der Waals surface area contributed by atoms with E-state index in [0.717, 1.165) is 51.4 Å². The van der Waals surface area contributed by atoms with Gasteiger partial charge in [-0.15, -0.1) is 24.0 Å². The number of carbonyl (C=O) groups is 1. The lowest BCUT2D eigenvalue weighted by atomic mass is 9.83. The molecule has 32 heavy (non-hydrogen) atoms. The van der Waals surface area contributed by atoms with Crippen LogP contribution in [0, 0.1) is 5.92 Å². The molecule has 0 aromatic heterocycles. The molecule has 0 radical (unpaired) electrons. The molecule has 2 aliphatic heterocycles. The molecule has 2 heterocycles. The van der Waals surface area contributed by atoms with Crippen LogP contribution in [0.15, 0.2) is 35.3 Å². The van der Waals surface area contributed by atoms with E-state index in [1.165, 1.54) is 31.4 Å². The number of amides is 1. The summed E-state index contributed by atoms with van der Waals surface area (Å²) < 4.78 is 0. The van der Waals surface area contributed by atoms with Crippen molar-refractivity contribution in [3.05, 3.63) is 35.9 Å². The Morgan fingerprint density at radius 1 is 1.12 bits per heavy atom. The molecule has 2 unspecified atom stereocenters. The van der Waals surface area contributed by atoms with Crippen molar-refractivity contribution in [2.75, 3.05) is 32.7 Å². The number of nitrogens with zero attached hydrogens (tertiary/aromatic N) is 3. The SMILES string of the molecule is CCNC(=NCCCC(=O)NC1CC1)N1CCC2C(CCCN2Cc2ccccc2)C1.I. The van der Waals surface area contributed by atoms with Crippen LogP contribution in [-0.2, 0) is 11.3 Å². The number of hydrogen-bond acceptors (Lipinski definition) is 3. The Labute approximate surface area is 210 Å². The van der Waals surface area contributed by atoms with E-state index in [1.807, 2.05) is 0 Å². The lowest BCUT2D eigenvalue weighted by molar-refractivity contribution is -0.121. The number of aliphatic imine (C=N–C) groups is 1. The van der Waals surface area contributed by atoms with Gasteiger partial charge in [0.25, 0.3) is 0 Å². The van der Waals surface area contributed by atoms with Crippen molar-refractivity contribution in [1.29, 1.82) is 0 Å². The molecular weight excluding hydrogens is 513 g/mol. The van der Waals surface area contributed by atoms with E-state index in [-0.39, 0.29) is 29.9 Å². The molecule has 1 aromatic rings. The molecule has 0 spiro atoms. The third-order valence-electron chi connectivity index (χ3n) is 6.81. The predicted molar refractivity (Wildman–Crippen MR) is 141 cm³/mol. The smallest absolute Gasteiger partial charge is 0.220 e. The normalized spacial score (nSPS) is 23.8. The van der Waals surface area contributed by atoms with Crippen molar-refractivity contribution in [3.8, 4) is 0 Å². The Bertz CT molecular complexity index is 739. The Hall–Kier alpha value is -1.35. The summed E-state index contributed by atoms with van der Waals surface area (Å²) in [6, 6.07) is 12.0. The summed E-state index contributed by atoms with van der Waals surface area (Å²) in [6.07, 6.45) is 7.49. The van der Waals surface area contributed by atoms with Crippen LogP contribution in [0.4, 0.5) is 0 Å². The van der Waals surface area contributed by atoms with E-state index in [1.54, 1.807) is 0 Å². The molecular formula is C25H40IN5O. The summed E-state index contributed by atoms with van der Waals surface area (Å²) in [5.74, 6) is 1.92. The number of rotatable bonds is 8. The molecule has 6 nitrogen and oxygen atoms in total. The van der Waals surface area contributed by atoms with Gasteiger partial charge in [-0.1, -0.05) is 30.3 Å². The van der Waals surface area contributed by atoms with Gasteiger partial charge in [0.15, 0.2) is 5.96 Å². The van der Waals surface area contributed by atoms with Gasteiger partial charge in [0.1, 0.15) is 0 Å². The molecule has 2 saturated heterocycles. The molecule has 1 aliphatic carbocycles. The predicted octanol–water partition coefficient (Wildman–Crippen LogP) is 3.62. The van der Waals surface area contributed by atoms with Gasteiger partial charge < -0.3 is 15.5 Å². The zero-order chi connectivity index (χ0) is 21.5. The van der Waals surface area contributed by atoms with Gasteiger partial charge in [0.2, 0.25) is 5.91 Å². The van der Waals surface area contributed by atoms with E-state index in [2.05, 4.69) is 57.7 Å². The van der Waals surface area contributed by atoms with Crippen LogP contribution >= 0.6 is 24.0 Å². The van der Waals surface area contributed by atoms with Crippen molar-refractivity contribution in [2.45, 2.75) is 70.5 Å². The third-order valence-corrected chi connectivity index (χ3v) is 6.81. The van der Waals surface area contributed by atoms with Crippen LogP contribution in [0.25, 0.3) is 0 Å².